The quantitative estimate of drug-likeness (QED) is 0.499. The normalized spacial score (nSPS) is 17.8. The summed E-state index contributed by atoms with van der Waals surface area (Å²) in [6.45, 7) is 4.37. The van der Waals surface area contributed by atoms with Gasteiger partial charge in [-0.05, 0) is 41.3 Å². The number of halogens is 3. The number of nitrogens with zero attached hydrogens (tertiary/aromatic N) is 2. The minimum atomic E-state index is -4.85. The summed E-state index contributed by atoms with van der Waals surface area (Å²) in [6.07, 6.45) is -1.62. The van der Waals surface area contributed by atoms with Crippen LogP contribution in [0.25, 0.3) is 0 Å². The van der Waals surface area contributed by atoms with Crippen LogP contribution < -0.4 is 10.1 Å². The summed E-state index contributed by atoms with van der Waals surface area (Å²) < 4.78 is 42.0. The molecule has 2 amide bonds. The van der Waals surface area contributed by atoms with E-state index in [4.69, 9.17) is 0 Å². The Hall–Kier alpha value is -3.88. The third-order valence-electron chi connectivity index (χ3n) is 5.64. The molecule has 1 aliphatic rings. The van der Waals surface area contributed by atoms with Crippen molar-refractivity contribution in [1.82, 2.24) is 9.88 Å². The minimum Gasteiger partial charge on any atom is -0.406 e. The van der Waals surface area contributed by atoms with Gasteiger partial charge in [0, 0.05) is 36.3 Å². The van der Waals surface area contributed by atoms with Crippen LogP contribution >= 0.6 is 0 Å². The maximum absolute atomic E-state index is 13.7. The smallest absolute Gasteiger partial charge is 0.406 e. The van der Waals surface area contributed by atoms with Crippen molar-refractivity contribution < 1.29 is 27.5 Å². The second-order valence-corrected chi connectivity index (χ2v) is 8.71. The highest BCUT2D eigenvalue weighted by atomic mass is 19.4. The van der Waals surface area contributed by atoms with E-state index in [2.05, 4.69) is 15.0 Å². The molecule has 35 heavy (non-hydrogen) atoms. The lowest BCUT2D eigenvalue weighted by molar-refractivity contribution is -0.274. The fourth-order valence-electron chi connectivity index (χ4n) is 4.38. The van der Waals surface area contributed by atoms with E-state index in [0.29, 0.717) is 23.2 Å². The molecule has 0 bridgehead atoms. The van der Waals surface area contributed by atoms with Gasteiger partial charge in [0.25, 0.3) is 5.91 Å². The monoisotopic (exact) mass is 483 g/mol. The van der Waals surface area contributed by atoms with Crippen molar-refractivity contribution in [2.24, 2.45) is 5.92 Å². The van der Waals surface area contributed by atoms with Crippen molar-refractivity contribution in [3.05, 3.63) is 89.7 Å². The van der Waals surface area contributed by atoms with Gasteiger partial charge in [-0.1, -0.05) is 44.2 Å². The van der Waals surface area contributed by atoms with Gasteiger partial charge in [-0.2, -0.15) is 0 Å². The standard InChI is InChI=1S/C26H24F3N3O3/c1-16(2)15-32-23(17-7-6-12-30-14-17)22(20-10-3-4-11-21(20)25(32)34)24(33)31-18-8-5-9-19(13-18)35-26(27,28)29/h3-14,16,22-23H,15H2,1-2H3,(H,31,33)/t22-,23+/m0/s1. The van der Waals surface area contributed by atoms with Crippen molar-refractivity contribution in [3.63, 3.8) is 0 Å². The molecule has 2 heterocycles. The molecular formula is C26H24F3N3O3. The van der Waals surface area contributed by atoms with Crippen LogP contribution in [0.1, 0.15) is 47.3 Å². The van der Waals surface area contributed by atoms with E-state index in [1.807, 2.05) is 19.9 Å². The van der Waals surface area contributed by atoms with E-state index in [9.17, 15) is 22.8 Å². The number of amides is 2. The molecule has 0 unspecified atom stereocenters. The Bertz CT molecular complexity index is 1210. The van der Waals surface area contributed by atoms with E-state index >= 15 is 0 Å². The topological polar surface area (TPSA) is 71.5 Å². The molecule has 0 radical (unpaired) electrons. The number of anilines is 1. The van der Waals surface area contributed by atoms with Crippen LogP contribution in [0, 0.1) is 5.92 Å². The van der Waals surface area contributed by atoms with Gasteiger partial charge in [0.15, 0.2) is 0 Å². The highest BCUT2D eigenvalue weighted by Crippen LogP contribution is 2.43. The van der Waals surface area contributed by atoms with E-state index in [0.717, 1.165) is 12.1 Å². The lowest BCUT2D eigenvalue weighted by atomic mass is 9.79. The lowest BCUT2D eigenvalue weighted by Crippen LogP contribution is -2.47. The van der Waals surface area contributed by atoms with Gasteiger partial charge >= 0.3 is 6.36 Å². The lowest BCUT2D eigenvalue weighted by Gasteiger charge is -2.42. The Labute approximate surface area is 200 Å². The second-order valence-electron chi connectivity index (χ2n) is 8.71. The zero-order valence-corrected chi connectivity index (χ0v) is 19.1. The molecule has 0 saturated carbocycles. The molecule has 2 aromatic carbocycles. The number of nitrogens with one attached hydrogen (secondary N) is 1. The Kier molecular flexibility index (Phi) is 6.77. The van der Waals surface area contributed by atoms with Gasteiger partial charge < -0.3 is 15.0 Å². The van der Waals surface area contributed by atoms with Gasteiger partial charge in [-0.15, -0.1) is 13.2 Å². The number of benzene rings is 2. The first kappa shape index (κ1) is 24.3. The average Bonchev–Trinajstić information content (AvgIpc) is 2.80. The largest absolute Gasteiger partial charge is 0.573 e. The summed E-state index contributed by atoms with van der Waals surface area (Å²) in [5.41, 5.74) is 1.80. The molecule has 4 rings (SSSR count). The first-order valence-electron chi connectivity index (χ1n) is 11.1. The number of carbonyl (C=O) groups is 2. The minimum absolute atomic E-state index is 0.128. The molecule has 9 heteroatoms. The van der Waals surface area contributed by atoms with Gasteiger partial charge in [-0.3, -0.25) is 14.6 Å². The molecule has 1 N–H and O–H groups in total. The molecule has 0 aliphatic carbocycles. The summed E-state index contributed by atoms with van der Waals surface area (Å²) in [5.74, 6) is -1.79. The Morgan fingerprint density at radius 1 is 1.11 bits per heavy atom. The van der Waals surface area contributed by atoms with Crippen molar-refractivity contribution in [2.45, 2.75) is 32.2 Å². The third-order valence-corrected chi connectivity index (χ3v) is 5.64. The first-order chi connectivity index (χ1) is 16.6. The van der Waals surface area contributed by atoms with Crippen molar-refractivity contribution in [3.8, 4) is 5.75 Å². The SMILES string of the molecule is CC(C)CN1C(=O)c2ccccc2[C@H](C(=O)Nc2cccc(OC(F)(F)F)c2)[C@H]1c1cccnc1. The van der Waals surface area contributed by atoms with E-state index in [1.54, 1.807) is 47.6 Å². The van der Waals surface area contributed by atoms with E-state index in [1.165, 1.54) is 12.1 Å². The number of pyridine rings is 1. The first-order valence-corrected chi connectivity index (χ1v) is 11.1. The molecule has 3 aromatic rings. The highest BCUT2D eigenvalue weighted by molar-refractivity contribution is 6.04. The number of fused-ring (bicyclic) bond motifs is 1. The molecule has 6 nitrogen and oxygen atoms in total. The summed E-state index contributed by atoms with van der Waals surface area (Å²) >= 11 is 0. The zero-order valence-electron chi connectivity index (χ0n) is 19.1. The fourth-order valence-corrected chi connectivity index (χ4v) is 4.38. The second kappa shape index (κ2) is 9.77. The van der Waals surface area contributed by atoms with Crippen LogP contribution in [-0.2, 0) is 4.79 Å². The number of alkyl halides is 3. The predicted octanol–water partition coefficient (Wildman–Crippen LogP) is 5.56. The number of carbonyl (C=O) groups excluding carboxylic acids is 2. The zero-order chi connectivity index (χ0) is 25.2. The van der Waals surface area contributed by atoms with Crippen molar-refractivity contribution in [1.29, 1.82) is 0 Å². The molecule has 0 spiro atoms. The third kappa shape index (κ3) is 5.45. The van der Waals surface area contributed by atoms with E-state index in [-0.39, 0.29) is 17.5 Å². The number of hydrogen-bond acceptors (Lipinski definition) is 4. The molecule has 182 valence electrons. The molecule has 0 fully saturated rings. The molecule has 1 aliphatic heterocycles. The number of ether oxygens (including phenoxy) is 1. The van der Waals surface area contributed by atoms with Crippen LogP contribution in [0.3, 0.4) is 0 Å². The molecular weight excluding hydrogens is 459 g/mol. The maximum atomic E-state index is 13.7. The van der Waals surface area contributed by atoms with Crippen molar-refractivity contribution >= 4 is 17.5 Å². The van der Waals surface area contributed by atoms with E-state index < -0.39 is 30.0 Å². The fraction of sp³-hybridized carbons (Fsp3) is 0.269. The van der Waals surface area contributed by atoms with Gasteiger partial charge in [-0.25, -0.2) is 0 Å². The summed E-state index contributed by atoms with van der Waals surface area (Å²) in [6, 6.07) is 14.9. The van der Waals surface area contributed by atoms with Crippen LogP contribution in [0.2, 0.25) is 0 Å². The summed E-state index contributed by atoms with van der Waals surface area (Å²) in [5, 5.41) is 2.72. The Balaban J connectivity index is 1.76. The highest BCUT2D eigenvalue weighted by Gasteiger charge is 2.44. The van der Waals surface area contributed by atoms with Gasteiger partial charge in [0.05, 0.1) is 12.0 Å². The maximum Gasteiger partial charge on any atom is 0.573 e. The van der Waals surface area contributed by atoms with Crippen molar-refractivity contribution in [2.75, 3.05) is 11.9 Å². The van der Waals surface area contributed by atoms with Crippen LogP contribution in [0.4, 0.5) is 18.9 Å². The number of aromatic nitrogens is 1. The van der Waals surface area contributed by atoms with Gasteiger partial charge in [0.1, 0.15) is 5.75 Å². The average molecular weight is 483 g/mol. The number of rotatable bonds is 6. The van der Waals surface area contributed by atoms with Crippen LogP contribution in [0.15, 0.2) is 73.1 Å². The van der Waals surface area contributed by atoms with Crippen LogP contribution in [-0.4, -0.2) is 34.6 Å². The Morgan fingerprint density at radius 3 is 2.57 bits per heavy atom. The molecule has 1 aromatic heterocycles. The molecule has 2 atom stereocenters. The summed E-state index contributed by atoms with van der Waals surface area (Å²) in [4.78, 5) is 33.1. The molecule has 0 saturated heterocycles. The van der Waals surface area contributed by atoms with Crippen LogP contribution in [0.5, 0.6) is 5.75 Å². The Morgan fingerprint density at radius 2 is 1.89 bits per heavy atom. The number of hydrogen-bond donors (Lipinski definition) is 1. The predicted molar refractivity (Wildman–Crippen MR) is 124 cm³/mol. The van der Waals surface area contributed by atoms with Gasteiger partial charge in [0.2, 0.25) is 5.91 Å². The summed E-state index contributed by atoms with van der Waals surface area (Å²) in [7, 11) is 0.